The molecule has 5 heteroatoms. The second kappa shape index (κ2) is 7.11. The van der Waals surface area contributed by atoms with Gasteiger partial charge in [0.05, 0.1) is 20.3 Å². The molecule has 0 saturated carbocycles. The van der Waals surface area contributed by atoms with Crippen LogP contribution in [0.25, 0.3) is 0 Å². The van der Waals surface area contributed by atoms with E-state index in [1.807, 2.05) is 18.2 Å². The van der Waals surface area contributed by atoms with Gasteiger partial charge in [-0.25, -0.2) is 0 Å². The van der Waals surface area contributed by atoms with Crippen LogP contribution in [-0.4, -0.2) is 20.8 Å². The number of hydrogen-bond donors (Lipinski definition) is 1. The monoisotopic (exact) mass is 355 g/mol. The maximum atomic E-state index is 5.36. The van der Waals surface area contributed by atoms with Crippen molar-refractivity contribution in [1.29, 1.82) is 0 Å². The minimum atomic E-state index is 0.115. The number of methoxy groups -OCH3 is 2. The summed E-state index contributed by atoms with van der Waals surface area (Å²) in [7, 11) is 3.34. The van der Waals surface area contributed by atoms with E-state index >= 15 is 0 Å². The first-order valence-electron chi connectivity index (χ1n) is 6.37. The van der Waals surface area contributed by atoms with Gasteiger partial charge in [0.2, 0.25) is 0 Å². The Morgan fingerprint density at radius 1 is 1.15 bits per heavy atom. The average molecular weight is 356 g/mol. The van der Waals surface area contributed by atoms with E-state index in [1.165, 1.54) is 5.56 Å². The first kappa shape index (κ1) is 15.4. The number of hydrogen-bond acceptors (Lipinski definition) is 4. The lowest BCUT2D eigenvalue weighted by Crippen LogP contribution is -2.22. The third-order valence-corrected chi connectivity index (χ3v) is 4.82. The fourth-order valence-corrected chi connectivity index (χ4v) is 3.66. The zero-order valence-electron chi connectivity index (χ0n) is 11.8. The molecule has 0 spiro atoms. The number of benzene rings is 1. The van der Waals surface area contributed by atoms with Gasteiger partial charge in [0.15, 0.2) is 0 Å². The third-order valence-electron chi connectivity index (χ3n) is 3.07. The molecular weight excluding hydrogens is 338 g/mol. The van der Waals surface area contributed by atoms with Crippen LogP contribution in [0.15, 0.2) is 33.4 Å². The van der Waals surface area contributed by atoms with E-state index in [0.29, 0.717) is 0 Å². The number of thiophene rings is 1. The van der Waals surface area contributed by atoms with E-state index in [1.54, 1.807) is 25.6 Å². The lowest BCUT2D eigenvalue weighted by Gasteiger charge is -2.20. The van der Waals surface area contributed by atoms with Gasteiger partial charge in [0.25, 0.3) is 0 Å². The van der Waals surface area contributed by atoms with Gasteiger partial charge < -0.3 is 14.8 Å². The largest absolute Gasteiger partial charge is 0.497 e. The molecule has 1 N–H and O–H groups in total. The molecule has 0 bridgehead atoms. The van der Waals surface area contributed by atoms with Gasteiger partial charge in [-0.15, -0.1) is 0 Å². The highest BCUT2D eigenvalue weighted by Crippen LogP contribution is 2.34. The second-order valence-corrected chi connectivity index (χ2v) is 5.91. The highest BCUT2D eigenvalue weighted by molar-refractivity contribution is 9.10. The van der Waals surface area contributed by atoms with Crippen LogP contribution in [0.1, 0.15) is 24.1 Å². The summed E-state index contributed by atoms with van der Waals surface area (Å²) in [6.07, 6.45) is 0. The van der Waals surface area contributed by atoms with Gasteiger partial charge in [-0.1, -0.05) is 6.92 Å². The summed E-state index contributed by atoms with van der Waals surface area (Å²) < 4.78 is 11.8. The first-order valence-corrected chi connectivity index (χ1v) is 8.11. The molecule has 0 saturated heterocycles. The van der Waals surface area contributed by atoms with E-state index in [4.69, 9.17) is 9.47 Å². The zero-order valence-corrected chi connectivity index (χ0v) is 14.2. The number of halogens is 1. The quantitative estimate of drug-likeness (QED) is 0.840. The maximum Gasteiger partial charge on any atom is 0.122 e. The highest BCUT2D eigenvalue weighted by Gasteiger charge is 2.18. The fourth-order valence-electron chi connectivity index (χ4n) is 2.10. The summed E-state index contributed by atoms with van der Waals surface area (Å²) in [5, 5.41) is 7.76. The summed E-state index contributed by atoms with van der Waals surface area (Å²) >= 11 is 5.30. The van der Waals surface area contributed by atoms with Crippen LogP contribution in [0.5, 0.6) is 11.5 Å². The molecule has 2 aromatic rings. The van der Waals surface area contributed by atoms with Gasteiger partial charge in [-0.3, -0.25) is 0 Å². The molecule has 1 unspecified atom stereocenters. The highest BCUT2D eigenvalue weighted by atomic mass is 79.9. The predicted molar refractivity (Wildman–Crippen MR) is 87.1 cm³/mol. The molecule has 0 fully saturated rings. The van der Waals surface area contributed by atoms with E-state index in [2.05, 4.69) is 38.9 Å². The average Bonchev–Trinajstić information content (AvgIpc) is 2.90. The number of rotatable bonds is 6. The van der Waals surface area contributed by atoms with Gasteiger partial charge in [0.1, 0.15) is 11.5 Å². The Kier molecular flexibility index (Phi) is 5.46. The van der Waals surface area contributed by atoms with Crippen molar-refractivity contribution in [2.24, 2.45) is 0 Å². The molecule has 20 heavy (non-hydrogen) atoms. The van der Waals surface area contributed by atoms with Crippen molar-refractivity contribution < 1.29 is 9.47 Å². The topological polar surface area (TPSA) is 30.5 Å². The summed E-state index contributed by atoms with van der Waals surface area (Å²) in [4.78, 5) is 0. The van der Waals surface area contributed by atoms with Crippen molar-refractivity contribution in [2.45, 2.75) is 13.0 Å². The molecule has 0 radical (unpaired) electrons. The predicted octanol–water partition coefficient (Wildman–Crippen LogP) is 4.23. The Labute approximate surface area is 132 Å². The lowest BCUT2D eigenvalue weighted by atomic mass is 10.0. The zero-order chi connectivity index (χ0) is 14.5. The Morgan fingerprint density at radius 2 is 1.80 bits per heavy atom. The SMILES string of the molecule is CCNC(c1cc(OC)cc(OC)c1)c1cscc1Br. The molecule has 0 aliphatic carbocycles. The second-order valence-electron chi connectivity index (χ2n) is 4.31. The smallest absolute Gasteiger partial charge is 0.122 e. The van der Waals surface area contributed by atoms with E-state index in [0.717, 1.165) is 28.1 Å². The standard InChI is InChI=1S/C15H18BrNO2S/c1-4-17-15(13-8-20-9-14(13)16)10-5-11(18-2)7-12(6-10)19-3/h5-9,15,17H,4H2,1-3H3. The molecule has 3 nitrogen and oxygen atoms in total. The van der Waals surface area contributed by atoms with Gasteiger partial charge in [-0.05, 0) is 51.1 Å². The normalized spacial score (nSPS) is 12.2. The van der Waals surface area contributed by atoms with Crippen molar-refractivity contribution in [1.82, 2.24) is 5.32 Å². The Hall–Kier alpha value is -1.04. The lowest BCUT2D eigenvalue weighted by molar-refractivity contribution is 0.392. The minimum absolute atomic E-state index is 0.115. The molecule has 1 aromatic carbocycles. The Morgan fingerprint density at radius 3 is 2.25 bits per heavy atom. The summed E-state index contributed by atoms with van der Waals surface area (Å²) in [5.74, 6) is 1.60. The number of nitrogens with one attached hydrogen (secondary N) is 1. The van der Waals surface area contributed by atoms with E-state index < -0.39 is 0 Å². The molecule has 0 aliphatic rings. The van der Waals surface area contributed by atoms with E-state index in [9.17, 15) is 0 Å². The Bertz CT molecular complexity index is 549. The third kappa shape index (κ3) is 3.34. The van der Waals surface area contributed by atoms with Gasteiger partial charge in [0, 0.05) is 15.9 Å². The molecule has 0 aliphatic heterocycles. The van der Waals surface area contributed by atoms with Crippen LogP contribution in [0, 0.1) is 0 Å². The van der Waals surface area contributed by atoms with Gasteiger partial charge in [-0.2, -0.15) is 11.3 Å². The van der Waals surface area contributed by atoms with Crippen LogP contribution >= 0.6 is 27.3 Å². The van der Waals surface area contributed by atoms with Crippen molar-refractivity contribution in [3.8, 4) is 11.5 Å². The summed E-state index contributed by atoms with van der Waals surface area (Å²) in [5.41, 5.74) is 2.36. The van der Waals surface area contributed by atoms with Crippen LogP contribution < -0.4 is 14.8 Å². The molecule has 1 atom stereocenters. The molecule has 0 amide bonds. The Balaban J connectivity index is 2.46. The van der Waals surface area contributed by atoms with Crippen molar-refractivity contribution in [3.05, 3.63) is 44.6 Å². The molecule has 108 valence electrons. The molecular formula is C15H18BrNO2S. The van der Waals surface area contributed by atoms with Crippen LogP contribution in [0.4, 0.5) is 0 Å². The molecule has 1 aromatic heterocycles. The summed E-state index contributed by atoms with van der Waals surface area (Å²) in [6.45, 7) is 2.98. The van der Waals surface area contributed by atoms with Crippen molar-refractivity contribution >= 4 is 27.3 Å². The van der Waals surface area contributed by atoms with Crippen LogP contribution in [-0.2, 0) is 0 Å². The van der Waals surface area contributed by atoms with Crippen LogP contribution in [0.2, 0.25) is 0 Å². The van der Waals surface area contributed by atoms with Gasteiger partial charge >= 0.3 is 0 Å². The van der Waals surface area contributed by atoms with Crippen molar-refractivity contribution in [3.63, 3.8) is 0 Å². The first-order chi connectivity index (χ1) is 9.69. The molecule has 2 rings (SSSR count). The van der Waals surface area contributed by atoms with E-state index in [-0.39, 0.29) is 6.04 Å². The minimum Gasteiger partial charge on any atom is -0.497 e. The number of ether oxygens (including phenoxy) is 2. The summed E-state index contributed by atoms with van der Waals surface area (Å²) in [6, 6.07) is 6.08. The maximum absolute atomic E-state index is 5.36. The fraction of sp³-hybridized carbons (Fsp3) is 0.333. The molecule has 1 heterocycles. The van der Waals surface area contributed by atoms with Crippen LogP contribution in [0.3, 0.4) is 0 Å². The van der Waals surface area contributed by atoms with Crippen molar-refractivity contribution in [2.75, 3.05) is 20.8 Å².